The molecule has 2 fully saturated rings. The van der Waals surface area contributed by atoms with Crippen molar-refractivity contribution >= 4 is 0 Å². The maximum absolute atomic E-state index is 5.67. The maximum atomic E-state index is 5.67. The zero-order valence-electron chi connectivity index (χ0n) is 9.87. The minimum Gasteiger partial charge on any atom is -0.313 e. The van der Waals surface area contributed by atoms with E-state index in [2.05, 4.69) is 17.3 Å². The van der Waals surface area contributed by atoms with Crippen LogP contribution in [0, 0.1) is 0 Å². The standard InChI is InChI=1S/C12H24N2O/c1-2-15-14(12-7-4-8-12)10-9-13-11-5-3-6-11/h11-13H,2-10H2,1H3. The van der Waals surface area contributed by atoms with Crippen LogP contribution in [0.1, 0.15) is 45.4 Å². The molecule has 0 atom stereocenters. The number of hydrogen-bond donors (Lipinski definition) is 1. The van der Waals surface area contributed by atoms with Crippen molar-refractivity contribution < 1.29 is 4.84 Å². The van der Waals surface area contributed by atoms with Gasteiger partial charge < -0.3 is 5.32 Å². The van der Waals surface area contributed by atoms with E-state index in [1.807, 2.05) is 0 Å². The number of nitrogens with zero attached hydrogens (tertiary/aromatic N) is 1. The molecule has 88 valence electrons. The van der Waals surface area contributed by atoms with Crippen LogP contribution >= 0.6 is 0 Å². The minimum absolute atomic E-state index is 0.702. The van der Waals surface area contributed by atoms with E-state index < -0.39 is 0 Å². The SMILES string of the molecule is CCON(CCNC1CCC1)C1CCC1. The van der Waals surface area contributed by atoms with Crippen LogP contribution in [0.25, 0.3) is 0 Å². The van der Waals surface area contributed by atoms with Gasteiger partial charge in [0.1, 0.15) is 0 Å². The number of rotatable bonds is 7. The topological polar surface area (TPSA) is 24.5 Å². The molecule has 0 saturated heterocycles. The fourth-order valence-electron chi connectivity index (χ4n) is 2.18. The largest absolute Gasteiger partial charge is 0.313 e. The van der Waals surface area contributed by atoms with E-state index in [9.17, 15) is 0 Å². The minimum atomic E-state index is 0.702. The van der Waals surface area contributed by atoms with Crippen LogP contribution in [0.4, 0.5) is 0 Å². The molecule has 3 heteroatoms. The van der Waals surface area contributed by atoms with Crippen LogP contribution in [-0.4, -0.2) is 36.8 Å². The van der Waals surface area contributed by atoms with E-state index in [0.717, 1.165) is 25.7 Å². The molecule has 0 aromatic heterocycles. The average Bonchev–Trinajstić information content (AvgIpc) is 2.06. The summed E-state index contributed by atoms with van der Waals surface area (Å²) in [6, 6.07) is 1.50. The molecule has 0 unspecified atom stereocenters. The first kappa shape index (κ1) is 11.4. The maximum Gasteiger partial charge on any atom is 0.0657 e. The molecular formula is C12H24N2O. The Morgan fingerprint density at radius 3 is 2.40 bits per heavy atom. The summed E-state index contributed by atoms with van der Waals surface area (Å²) in [5.74, 6) is 0. The van der Waals surface area contributed by atoms with Gasteiger partial charge in [0.15, 0.2) is 0 Å². The lowest BCUT2D eigenvalue weighted by molar-refractivity contribution is -0.196. The summed E-state index contributed by atoms with van der Waals surface area (Å²) in [6.45, 7) is 5.02. The Morgan fingerprint density at radius 1 is 1.20 bits per heavy atom. The highest BCUT2D eigenvalue weighted by atomic mass is 16.7. The molecule has 2 saturated carbocycles. The quantitative estimate of drug-likeness (QED) is 0.653. The zero-order valence-corrected chi connectivity index (χ0v) is 9.87. The third kappa shape index (κ3) is 3.16. The van der Waals surface area contributed by atoms with Gasteiger partial charge in [-0.15, -0.1) is 0 Å². The van der Waals surface area contributed by atoms with Crippen molar-refractivity contribution in [1.82, 2.24) is 10.4 Å². The van der Waals surface area contributed by atoms with Crippen LogP contribution in [0.5, 0.6) is 0 Å². The molecular weight excluding hydrogens is 188 g/mol. The number of hydrogen-bond acceptors (Lipinski definition) is 3. The summed E-state index contributed by atoms with van der Waals surface area (Å²) in [4.78, 5) is 5.67. The Morgan fingerprint density at radius 2 is 1.93 bits per heavy atom. The van der Waals surface area contributed by atoms with E-state index in [-0.39, 0.29) is 0 Å². The van der Waals surface area contributed by atoms with Gasteiger partial charge in [0, 0.05) is 25.2 Å². The molecule has 2 rings (SSSR count). The summed E-state index contributed by atoms with van der Waals surface area (Å²) in [7, 11) is 0. The van der Waals surface area contributed by atoms with Crippen molar-refractivity contribution in [2.75, 3.05) is 19.7 Å². The van der Waals surface area contributed by atoms with Crippen LogP contribution in [0.2, 0.25) is 0 Å². The summed E-state index contributed by atoms with van der Waals surface area (Å²) < 4.78 is 0. The average molecular weight is 212 g/mol. The molecule has 2 aliphatic carbocycles. The summed E-state index contributed by atoms with van der Waals surface area (Å²) in [5, 5.41) is 5.79. The van der Waals surface area contributed by atoms with Crippen LogP contribution in [0.15, 0.2) is 0 Å². The molecule has 0 aromatic carbocycles. The second kappa shape index (κ2) is 5.83. The molecule has 3 nitrogen and oxygen atoms in total. The fourth-order valence-corrected chi connectivity index (χ4v) is 2.18. The van der Waals surface area contributed by atoms with E-state index in [1.165, 1.54) is 38.5 Å². The molecule has 0 heterocycles. The van der Waals surface area contributed by atoms with Gasteiger partial charge in [-0.25, -0.2) is 0 Å². The van der Waals surface area contributed by atoms with Crippen molar-refractivity contribution in [3.05, 3.63) is 0 Å². The van der Waals surface area contributed by atoms with E-state index >= 15 is 0 Å². The third-order valence-electron chi connectivity index (χ3n) is 3.65. The van der Waals surface area contributed by atoms with Crippen molar-refractivity contribution in [3.8, 4) is 0 Å². The van der Waals surface area contributed by atoms with Crippen molar-refractivity contribution in [2.24, 2.45) is 0 Å². The lowest BCUT2D eigenvalue weighted by Gasteiger charge is -2.37. The Bertz CT molecular complexity index is 178. The highest BCUT2D eigenvalue weighted by Gasteiger charge is 2.25. The van der Waals surface area contributed by atoms with Gasteiger partial charge in [-0.2, -0.15) is 5.06 Å². The molecule has 0 spiro atoms. The Labute approximate surface area is 93.1 Å². The van der Waals surface area contributed by atoms with Gasteiger partial charge in [-0.1, -0.05) is 12.8 Å². The first-order valence-electron chi connectivity index (χ1n) is 6.53. The van der Waals surface area contributed by atoms with Crippen LogP contribution < -0.4 is 5.32 Å². The molecule has 0 amide bonds. The molecule has 0 bridgehead atoms. The third-order valence-corrected chi connectivity index (χ3v) is 3.65. The Balaban J connectivity index is 1.59. The van der Waals surface area contributed by atoms with Crippen molar-refractivity contribution in [2.45, 2.75) is 57.5 Å². The number of nitrogens with one attached hydrogen (secondary N) is 1. The predicted molar refractivity (Wildman–Crippen MR) is 61.6 cm³/mol. The van der Waals surface area contributed by atoms with Crippen molar-refractivity contribution in [1.29, 1.82) is 0 Å². The van der Waals surface area contributed by atoms with Gasteiger partial charge in [0.25, 0.3) is 0 Å². The van der Waals surface area contributed by atoms with Gasteiger partial charge >= 0.3 is 0 Å². The molecule has 1 N–H and O–H groups in total. The van der Waals surface area contributed by atoms with Crippen LogP contribution in [-0.2, 0) is 4.84 Å². The first-order valence-corrected chi connectivity index (χ1v) is 6.53. The predicted octanol–water partition coefficient (Wildman–Crippen LogP) is 1.93. The first-order chi connectivity index (χ1) is 7.40. The Hall–Kier alpha value is -0.120. The van der Waals surface area contributed by atoms with E-state index in [0.29, 0.717) is 6.04 Å². The summed E-state index contributed by atoms with van der Waals surface area (Å²) >= 11 is 0. The molecule has 15 heavy (non-hydrogen) atoms. The lowest BCUT2D eigenvalue weighted by atomic mass is 9.92. The molecule has 2 aliphatic rings. The van der Waals surface area contributed by atoms with Gasteiger partial charge in [-0.3, -0.25) is 4.84 Å². The van der Waals surface area contributed by atoms with Crippen LogP contribution in [0.3, 0.4) is 0 Å². The second-order valence-electron chi connectivity index (χ2n) is 4.73. The molecule has 0 radical (unpaired) electrons. The fraction of sp³-hybridized carbons (Fsp3) is 1.00. The van der Waals surface area contributed by atoms with Gasteiger partial charge in [0.05, 0.1) is 6.61 Å². The highest BCUT2D eigenvalue weighted by Crippen LogP contribution is 2.24. The monoisotopic (exact) mass is 212 g/mol. The zero-order chi connectivity index (χ0) is 10.5. The lowest BCUT2D eigenvalue weighted by Crippen LogP contribution is -2.45. The normalized spacial score (nSPS) is 22.8. The van der Waals surface area contributed by atoms with Gasteiger partial charge in [0.2, 0.25) is 0 Å². The summed E-state index contributed by atoms with van der Waals surface area (Å²) in [5.41, 5.74) is 0. The molecule has 0 aromatic rings. The van der Waals surface area contributed by atoms with E-state index in [1.54, 1.807) is 0 Å². The number of hydroxylamine groups is 2. The smallest absolute Gasteiger partial charge is 0.0657 e. The van der Waals surface area contributed by atoms with E-state index in [4.69, 9.17) is 4.84 Å². The summed E-state index contributed by atoms with van der Waals surface area (Å²) in [6.07, 6.45) is 8.18. The van der Waals surface area contributed by atoms with Crippen molar-refractivity contribution in [3.63, 3.8) is 0 Å². The molecule has 0 aliphatic heterocycles. The Kier molecular flexibility index (Phi) is 4.42. The second-order valence-corrected chi connectivity index (χ2v) is 4.73. The van der Waals surface area contributed by atoms with Gasteiger partial charge in [-0.05, 0) is 32.6 Å². The highest BCUT2D eigenvalue weighted by molar-refractivity contribution is 4.79.